The zero-order valence-corrected chi connectivity index (χ0v) is 20.2. The first-order chi connectivity index (χ1) is 17.7. The van der Waals surface area contributed by atoms with Gasteiger partial charge in [-0.05, 0) is 41.8 Å². The number of halogens is 3. The SMILES string of the molecule is O=C(O)Cc1cccc(OCC(=O)N2CCc3c(n(Cc4cnc(C(F)(F)F)s4)c4ncccc34)C2)c1. The highest BCUT2D eigenvalue weighted by Gasteiger charge is 2.35. The van der Waals surface area contributed by atoms with Crippen LogP contribution in [-0.2, 0) is 41.7 Å². The van der Waals surface area contributed by atoms with Crippen LogP contribution in [0, 0.1) is 0 Å². The number of rotatable bonds is 7. The highest BCUT2D eigenvalue weighted by atomic mass is 32.1. The topological polar surface area (TPSA) is 97.6 Å². The molecule has 1 aromatic carbocycles. The largest absolute Gasteiger partial charge is 0.484 e. The van der Waals surface area contributed by atoms with E-state index in [0.717, 1.165) is 16.6 Å². The molecular formula is C25H21F3N4O4S. The van der Waals surface area contributed by atoms with E-state index in [-0.39, 0.29) is 32.0 Å². The number of alkyl halides is 3. The lowest BCUT2D eigenvalue weighted by Gasteiger charge is -2.28. The van der Waals surface area contributed by atoms with Crippen LogP contribution >= 0.6 is 11.3 Å². The van der Waals surface area contributed by atoms with Crippen molar-refractivity contribution in [1.82, 2.24) is 19.4 Å². The van der Waals surface area contributed by atoms with Crippen LogP contribution in [0.4, 0.5) is 13.2 Å². The Morgan fingerprint density at radius 1 is 1.16 bits per heavy atom. The van der Waals surface area contributed by atoms with Gasteiger partial charge in [-0.1, -0.05) is 12.1 Å². The number of ether oxygens (including phenoxy) is 1. The number of thiazole rings is 1. The fourth-order valence-electron chi connectivity index (χ4n) is 4.47. The quantitative estimate of drug-likeness (QED) is 0.386. The maximum absolute atomic E-state index is 13.1. The molecule has 0 saturated carbocycles. The van der Waals surface area contributed by atoms with Gasteiger partial charge in [0.15, 0.2) is 11.6 Å². The summed E-state index contributed by atoms with van der Waals surface area (Å²) in [7, 11) is 0. The minimum atomic E-state index is -4.50. The molecule has 1 amide bonds. The number of nitrogens with zero attached hydrogens (tertiary/aromatic N) is 4. The molecule has 4 heterocycles. The second-order valence-corrected chi connectivity index (χ2v) is 9.70. The second kappa shape index (κ2) is 9.85. The Morgan fingerprint density at radius 2 is 2.00 bits per heavy atom. The third-order valence-corrected chi connectivity index (χ3v) is 7.12. The number of pyridine rings is 1. The molecule has 1 aliphatic heterocycles. The zero-order chi connectivity index (χ0) is 26.2. The third-order valence-electron chi connectivity index (χ3n) is 6.09. The number of carbonyl (C=O) groups is 2. The van der Waals surface area contributed by atoms with Gasteiger partial charge in [-0.25, -0.2) is 9.97 Å². The van der Waals surface area contributed by atoms with Crippen molar-refractivity contribution in [3.05, 3.63) is 75.5 Å². The normalized spacial score (nSPS) is 13.5. The summed E-state index contributed by atoms with van der Waals surface area (Å²) in [5, 5.41) is 8.98. The number of fused-ring (bicyclic) bond motifs is 3. The van der Waals surface area contributed by atoms with E-state index in [0.29, 0.717) is 46.1 Å². The fraction of sp³-hybridized carbons (Fsp3) is 0.280. The summed E-state index contributed by atoms with van der Waals surface area (Å²) in [5.41, 5.74) is 3.05. The molecule has 0 radical (unpaired) electrons. The molecule has 1 N–H and O–H groups in total. The monoisotopic (exact) mass is 530 g/mol. The Kier molecular flexibility index (Phi) is 6.59. The average molecular weight is 531 g/mol. The van der Waals surface area contributed by atoms with Crippen molar-refractivity contribution in [2.75, 3.05) is 13.2 Å². The van der Waals surface area contributed by atoms with Crippen molar-refractivity contribution >= 4 is 34.2 Å². The van der Waals surface area contributed by atoms with Gasteiger partial charge in [0, 0.05) is 34.9 Å². The summed E-state index contributed by atoms with van der Waals surface area (Å²) in [6.45, 7) is 0.651. The molecule has 8 nitrogen and oxygen atoms in total. The second-order valence-electron chi connectivity index (χ2n) is 8.59. The van der Waals surface area contributed by atoms with Gasteiger partial charge in [-0.2, -0.15) is 13.2 Å². The minimum absolute atomic E-state index is 0.150. The molecule has 12 heteroatoms. The van der Waals surface area contributed by atoms with E-state index >= 15 is 0 Å². The fourth-order valence-corrected chi connectivity index (χ4v) is 5.24. The molecule has 0 spiro atoms. The van der Waals surface area contributed by atoms with Gasteiger partial charge in [-0.3, -0.25) is 9.59 Å². The molecule has 0 atom stereocenters. The van der Waals surface area contributed by atoms with E-state index in [1.807, 2.05) is 16.7 Å². The van der Waals surface area contributed by atoms with Gasteiger partial charge in [0.2, 0.25) is 0 Å². The molecular weight excluding hydrogens is 509 g/mol. The number of carbonyl (C=O) groups excluding carboxylic acids is 1. The first kappa shape index (κ1) is 24.8. The lowest BCUT2D eigenvalue weighted by molar-refractivity contribution is -0.138. The van der Waals surface area contributed by atoms with E-state index < -0.39 is 17.2 Å². The maximum Gasteiger partial charge on any atom is 0.443 e. The van der Waals surface area contributed by atoms with E-state index in [1.165, 1.54) is 6.20 Å². The van der Waals surface area contributed by atoms with Crippen molar-refractivity contribution in [1.29, 1.82) is 0 Å². The minimum Gasteiger partial charge on any atom is -0.484 e. The number of carboxylic acids is 1. The summed E-state index contributed by atoms with van der Waals surface area (Å²) in [4.78, 5) is 34.0. The number of hydrogen-bond acceptors (Lipinski definition) is 6. The Balaban J connectivity index is 1.35. The predicted molar refractivity (Wildman–Crippen MR) is 128 cm³/mol. The number of amides is 1. The molecule has 192 valence electrons. The number of aromatic nitrogens is 3. The lowest BCUT2D eigenvalue weighted by atomic mass is 10.0. The van der Waals surface area contributed by atoms with Gasteiger partial charge in [0.1, 0.15) is 11.4 Å². The van der Waals surface area contributed by atoms with Gasteiger partial charge >= 0.3 is 12.1 Å². The average Bonchev–Trinajstić information content (AvgIpc) is 3.46. The van der Waals surface area contributed by atoms with Gasteiger partial charge in [0.05, 0.1) is 19.5 Å². The van der Waals surface area contributed by atoms with Crippen LogP contribution in [-0.4, -0.2) is 49.6 Å². The van der Waals surface area contributed by atoms with Crippen molar-refractivity contribution in [3.63, 3.8) is 0 Å². The van der Waals surface area contributed by atoms with E-state index in [9.17, 15) is 22.8 Å². The van der Waals surface area contributed by atoms with Crippen LogP contribution in [0.3, 0.4) is 0 Å². The first-order valence-corrected chi connectivity index (χ1v) is 12.2. The lowest BCUT2D eigenvalue weighted by Crippen LogP contribution is -2.39. The Labute approximate surface area is 212 Å². The molecule has 37 heavy (non-hydrogen) atoms. The highest BCUT2D eigenvalue weighted by molar-refractivity contribution is 7.11. The van der Waals surface area contributed by atoms with E-state index in [2.05, 4.69) is 9.97 Å². The molecule has 3 aromatic heterocycles. The molecule has 0 bridgehead atoms. The van der Waals surface area contributed by atoms with Gasteiger partial charge < -0.3 is 19.3 Å². The summed E-state index contributed by atoms with van der Waals surface area (Å²) in [6, 6.07) is 10.3. The van der Waals surface area contributed by atoms with Crippen molar-refractivity contribution in [2.24, 2.45) is 0 Å². The first-order valence-electron chi connectivity index (χ1n) is 11.4. The molecule has 5 rings (SSSR count). The zero-order valence-electron chi connectivity index (χ0n) is 19.4. The van der Waals surface area contributed by atoms with Crippen molar-refractivity contribution < 1.29 is 32.6 Å². The molecule has 1 aliphatic rings. The smallest absolute Gasteiger partial charge is 0.443 e. The number of benzene rings is 1. The van der Waals surface area contributed by atoms with Crippen LogP contribution in [0.1, 0.15) is 26.7 Å². The highest BCUT2D eigenvalue weighted by Crippen LogP contribution is 2.35. The summed E-state index contributed by atoms with van der Waals surface area (Å²) < 4.78 is 46.7. The molecule has 0 fully saturated rings. The summed E-state index contributed by atoms with van der Waals surface area (Å²) in [6.07, 6.45) is -1.22. The Bertz CT molecular complexity index is 1480. The van der Waals surface area contributed by atoms with Crippen LogP contribution in [0.5, 0.6) is 5.75 Å². The summed E-state index contributed by atoms with van der Waals surface area (Å²) in [5.74, 6) is -0.819. The van der Waals surface area contributed by atoms with Crippen LogP contribution in [0.25, 0.3) is 11.0 Å². The predicted octanol–water partition coefficient (Wildman–Crippen LogP) is 4.15. The van der Waals surface area contributed by atoms with Crippen molar-refractivity contribution in [2.45, 2.75) is 32.1 Å². The van der Waals surface area contributed by atoms with Gasteiger partial charge in [0.25, 0.3) is 5.91 Å². The van der Waals surface area contributed by atoms with Crippen LogP contribution in [0.15, 0.2) is 48.8 Å². The Morgan fingerprint density at radius 3 is 2.76 bits per heavy atom. The standard InChI is InChI=1S/C25H21F3N4O4S/c26-25(27,28)24-30-11-17(37-24)12-32-20-13-31(8-6-18(20)19-5-2-7-29-23(19)32)21(33)14-36-16-4-1-3-15(9-16)10-22(34)35/h1-5,7,9,11H,6,8,10,12-14H2,(H,34,35). The maximum atomic E-state index is 13.1. The van der Waals surface area contributed by atoms with Crippen molar-refractivity contribution in [3.8, 4) is 5.75 Å². The molecule has 4 aromatic rings. The van der Waals surface area contributed by atoms with Crippen LogP contribution < -0.4 is 4.74 Å². The molecule has 0 saturated heterocycles. The van der Waals surface area contributed by atoms with Crippen LogP contribution in [0.2, 0.25) is 0 Å². The van der Waals surface area contributed by atoms with E-state index in [1.54, 1.807) is 35.4 Å². The number of carboxylic acid groups (broad SMARTS) is 1. The Hall–Kier alpha value is -3.93. The third kappa shape index (κ3) is 5.29. The number of aliphatic carboxylic acids is 1. The number of hydrogen-bond donors (Lipinski definition) is 1. The van der Waals surface area contributed by atoms with E-state index in [4.69, 9.17) is 9.84 Å². The van der Waals surface area contributed by atoms with Gasteiger partial charge in [-0.15, -0.1) is 11.3 Å². The molecule has 0 unspecified atom stereocenters. The summed E-state index contributed by atoms with van der Waals surface area (Å²) >= 11 is 0.593. The molecule has 0 aliphatic carbocycles.